The van der Waals surface area contributed by atoms with Crippen LogP contribution in [0.5, 0.6) is 0 Å². The molecule has 1 unspecified atom stereocenters. The minimum Gasteiger partial charge on any atom is -0.302 e. The normalized spacial score (nSPS) is 27.1. The summed E-state index contributed by atoms with van der Waals surface area (Å²) < 4.78 is 0. The molecule has 0 saturated carbocycles. The Morgan fingerprint density at radius 2 is 1.88 bits per heavy atom. The number of piperidine rings is 1. The van der Waals surface area contributed by atoms with Crippen LogP contribution in [-0.4, -0.2) is 48.6 Å². The highest BCUT2D eigenvalue weighted by Crippen LogP contribution is 2.20. The van der Waals surface area contributed by atoms with Crippen molar-refractivity contribution in [1.82, 2.24) is 9.80 Å². The van der Waals surface area contributed by atoms with Crippen LogP contribution in [0.1, 0.15) is 44.9 Å². The molecular formula is C14H25N3. The maximum absolute atomic E-state index is 8.50. The lowest BCUT2D eigenvalue weighted by Gasteiger charge is -2.32. The summed E-state index contributed by atoms with van der Waals surface area (Å²) in [7, 11) is 0. The van der Waals surface area contributed by atoms with Crippen LogP contribution >= 0.6 is 0 Å². The molecule has 0 aliphatic carbocycles. The van der Waals surface area contributed by atoms with Crippen LogP contribution < -0.4 is 0 Å². The van der Waals surface area contributed by atoms with Crippen molar-refractivity contribution in [1.29, 1.82) is 5.26 Å². The van der Waals surface area contributed by atoms with Gasteiger partial charge in [0.2, 0.25) is 0 Å². The van der Waals surface area contributed by atoms with Crippen LogP contribution in [0.4, 0.5) is 0 Å². The molecule has 2 aliphatic heterocycles. The predicted octanol–water partition coefficient (Wildman–Crippen LogP) is 2.24. The largest absolute Gasteiger partial charge is 0.302 e. The molecule has 2 rings (SSSR count). The highest BCUT2D eigenvalue weighted by molar-refractivity contribution is 4.84. The zero-order chi connectivity index (χ0) is 11.9. The van der Waals surface area contributed by atoms with Gasteiger partial charge in [0.1, 0.15) is 0 Å². The highest BCUT2D eigenvalue weighted by Gasteiger charge is 2.27. The highest BCUT2D eigenvalue weighted by atomic mass is 15.3. The molecule has 1 atom stereocenters. The fourth-order valence-corrected chi connectivity index (χ4v) is 3.14. The fraction of sp³-hybridized carbons (Fsp3) is 0.929. The Morgan fingerprint density at radius 3 is 2.65 bits per heavy atom. The molecule has 96 valence electrons. The average Bonchev–Trinajstić information content (AvgIpc) is 2.85. The number of hydrogen-bond acceptors (Lipinski definition) is 3. The molecule has 2 saturated heterocycles. The number of nitrogens with zero attached hydrogens (tertiary/aromatic N) is 3. The molecule has 2 heterocycles. The van der Waals surface area contributed by atoms with Crippen molar-refractivity contribution in [3.05, 3.63) is 0 Å². The second kappa shape index (κ2) is 6.98. The SMILES string of the molecule is N#CCCCCN1CCC(N2CCCCC2)C1. The topological polar surface area (TPSA) is 30.3 Å². The van der Waals surface area contributed by atoms with E-state index in [1.54, 1.807) is 0 Å². The molecule has 0 aromatic rings. The van der Waals surface area contributed by atoms with E-state index in [0.29, 0.717) is 0 Å². The van der Waals surface area contributed by atoms with Gasteiger partial charge in [0.05, 0.1) is 6.07 Å². The minimum atomic E-state index is 0.726. The number of likely N-dealkylation sites (tertiary alicyclic amines) is 2. The van der Waals surface area contributed by atoms with E-state index in [4.69, 9.17) is 5.26 Å². The molecule has 0 aromatic heterocycles. The molecule has 0 bridgehead atoms. The van der Waals surface area contributed by atoms with Gasteiger partial charge in [-0.05, 0) is 58.3 Å². The molecule has 2 fully saturated rings. The Kier molecular flexibility index (Phi) is 5.28. The monoisotopic (exact) mass is 235 g/mol. The van der Waals surface area contributed by atoms with E-state index in [9.17, 15) is 0 Å². The number of rotatable bonds is 5. The number of nitriles is 1. The molecular weight excluding hydrogens is 210 g/mol. The third-order valence-corrected chi connectivity index (χ3v) is 4.17. The Morgan fingerprint density at radius 1 is 1.06 bits per heavy atom. The first-order valence-electron chi connectivity index (χ1n) is 7.23. The van der Waals surface area contributed by atoms with Gasteiger partial charge in [-0.1, -0.05) is 6.42 Å². The van der Waals surface area contributed by atoms with Gasteiger partial charge in [-0.15, -0.1) is 0 Å². The third kappa shape index (κ3) is 3.97. The van der Waals surface area contributed by atoms with Crippen LogP contribution in [0.15, 0.2) is 0 Å². The zero-order valence-electron chi connectivity index (χ0n) is 10.9. The van der Waals surface area contributed by atoms with Gasteiger partial charge in [-0.25, -0.2) is 0 Å². The molecule has 3 nitrogen and oxygen atoms in total. The van der Waals surface area contributed by atoms with Gasteiger partial charge in [0.25, 0.3) is 0 Å². The molecule has 0 radical (unpaired) electrons. The predicted molar refractivity (Wildman–Crippen MR) is 69.7 cm³/mol. The van der Waals surface area contributed by atoms with Gasteiger partial charge in [-0.2, -0.15) is 5.26 Å². The molecule has 0 spiro atoms. The van der Waals surface area contributed by atoms with Gasteiger partial charge >= 0.3 is 0 Å². The van der Waals surface area contributed by atoms with Crippen LogP contribution in [0.2, 0.25) is 0 Å². The van der Waals surface area contributed by atoms with E-state index in [-0.39, 0.29) is 0 Å². The lowest BCUT2D eigenvalue weighted by molar-refractivity contribution is 0.162. The number of hydrogen-bond donors (Lipinski definition) is 0. The summed E-state index contributed by atoms with van der Waals surface area (Å²) in [6, 6.07) is 3.05. The minimum absolute atomic E-state index is 0.726. The molecule has 0 N–H and O–H groups in total. The van der Waals surface area contributed by atoms with Crippen molar-refractivity contribution in [2.75, 3.05) is 32.7 Å². The Labute approximate surface area is 105 Å². The summed E-state index contributed by atoms with van der Waals surface area (Å²) >= 11 is 0. The van der Waals surface area contributed by atoms with Crippen molar-refractivity contribution in [3.63, 3.8) is 0 Å². The Bertz CT molecular complexity index is 253. The molecule has 3 heteroatoms. The molecule has 17 heavy (non-hydrogen) atoms. The Balaban J connectivity index is 1.63. The Hall–Kier alpha value is -0.590. The molecule has 2 aliphatic rings. The van der Waals surface area contributed by atoms with Crippen molar-refractivity contribution in [3.8, 4) is 6.07 Å². The second-order valence-corrected chi connectivity index (χ2v) is 5.45. The van der Waals surface area contributed by atoms with Crippen molar-refractivity contribution in [2.24, 2.45) is 0 Å². The van der Waals surface area contributed by atoms with Gasteiger partial charge in [-0.3, -0.25) is 4.90 Å². The van der Waals surface area contributed by atoms with Gasteiger partial charge in [0, 0.05) is 19.0 Å². The summed E-state index contributed by atoms with van der Waals surface area (Å²) in [5.74, 6) is 0. The quantitative estimate of drug-likeness (QED) is 0.685. The van der Waals surface area contributed by atoms with Crippen molar-refractivity contribution >= 4 is 0 Å². The third-order valence-electron chi connectivity index (χ3n) is 4.17. The van der Waals surface area contributed by atoms with Gasteiger partial charge in [0.15, 0.2) is 0 Å². The van der Waals surface area contributed by atoms with E-state index in [1.165, 1.54) is 64.8 Å². The first-order chi connectivity index (χ1) is 8.40. The fourth-order valence-electron chi connectivity index (χ4n) is 3.14. The first-order valence-corrected chi connectivity index (χ1v) is 7.23. The van der Waals surface area contributed by atoms with Crippen LogP contribution in [0, 0.1) is 11.3 Å². The molecule has 0 aromatic carbocycles. The van der Waals surface area contributed by atoms with Gasteiger partial charge < -0.3 is 4.90 Å². The van der Waals surface area contributed by atoms with Crippen molar-refractivity contribution < 1.29 is 0 Å². The van der Waals surface area contributed by atoms with E-state index >= 15 is 0 Å². The number of unbranched alkanes of at least 4 members (excludes halogenated alkanes) is 2. The lowest BCUT2D eigenvalue weighted by Crippen LogP contribution is -2.40. The average molecular weight is 235 g/mol. The summed E-state index contributed by atoms with van der Waals surface area (Å²) in [6.07, 6.45) is 8.59. The second-order valence-electron chi connectivity index (χ2n) is 5.45. The summed E-state index contributed by atoms with van der Waals surface area (Å²) in [5, 5.41) is 8.50. The maximum Gasteiger partial charge on any atom is 0.0621 e. The van der Waals surface area contributed by atoms with E-state index in [0.717, 1.165) is 18.9 Å². The summed E-state index contributed by atoms with van der Waals surface area (Å²) in [6.45, 7) is 6.40. The van der Waals surface area contributed by atoms with E-state index < -0.39 is 0 Å². The summed E-state index contributed by atoms with van der Waals surface area (Å²) in [4.78, 5) is 5.30. The maximum atomic E-state index is 8.50. The van der Waals surface area contributed by atoms with Crippen molar-refractivity contribution in [2.45, 2.75) is 51.0 Å². The van der Waals surface area contributed by atoms with Crippen LogP contribution in [-0.2, 0) is 0 Å². The zero-order valence-corrected chi connectivity index (χ0v) is 10.9. The lowest BCUT2D eigenvalue weighted by atomic mass is 10.1. The van der Waals surface area contributed by atoms with Crippen LogP contribution in [0.25, 0.3) is 0 Å². The summed E-state index contributed by atoms with van der Waals surface area (Å²) in [5.41, 5.74) is 0. The van der Waals surface area contributed by atoms with E-state index in [1.807, 2.05) is 0 Å². The molecule has 0 amide bonds. The standard InChI is InChI=1S/C14H25N3/c15-8-3-1-4-9-16-12-7-14(13-16)17-10-5-2-6-11-17/h14H,1-7,9-13H2. The smallest absolute Gasteiger partial charge is 0.0621 e. The first kappa shape index (κ1) is 12.9. The van der Waals surface area contributed by atoms with E-state index in [2.05, 4.69) is 15.9 Å². The van der Waals surface area contributed by atoms with Crippen LogP contribution in [0.3, 0.4) is 0 Å².